The number of amides is 1. The highest BCUT2D eigenvalue weighted by Gasteiger charge is 2.25. The van der Waals surface area contributed by atoms with Gasteiger partial charge in [0.2, 0.25) is 0 Å². The van der Waals surface area contributed by atoms with Crippen LogP contribution in [0.1, 0.15) is 27.7 Å². The molecule has 0 aliphatic heterocycles. The molecule has 4 nitrogen and oxygen atoms in total. The molecule has 0 aliphatic carbocycles. The zero-order valence-electron chi connectivity index (χ0n) is 11.7. The molecule has 1 rings (SSSR count). The second-order valence-corrected chi connectivity index (χ2v) is 6.11. The molecule has 0 spiro atoms. The first-order chi connectivity index (χ1) is 8.69. The fourth-order valence-corrected chi connectivity index (χ4v) is 1.63. The maximum atomic E-state index is 11.9. The van der Waals surface area contributed by atoms with Crippen molar-refractivity contribution >= 4 is 17.5 Å². The molecule has 5 heteroatoms. The molecule has 0 saturated carbocycles. The third-order valence-electron chi connectivity index (χ3n) is 2.35. The van der Waals surface area contributed by atoms with Gasteiger partial charge in [0.15, 0.2) is 6.10 Å². The molecular weight excluding hydrogens is 266 g/mol. The molecule has 0 aliphatic rings. The first-order valence-corrected chi connectivity index (χ1v) is 6.49. The summed E-state index contributed by atoms with van der Waals surface area (Å²) in [6.07, 6.45) is -0.756. The highest BCUT2D eigenvalue weighted by atomic mass is 35.5. The molecule has 1 aromatic carbocycles. The van der Waals surface area contributed by atoms with Gasteiger partial charge in [0.25, 0.3) is 5.91 Å². The van der Waals surface area contributed by atoms with Crippen LogP contribution >= 0.6 is 11.6 Å². The van der Waals surface area contributed by atoms with E-state index in [9.17, 15) is 10.0 Å². The number of carbonyl (C=O) groups excluding carboxylic acids is 1. The Morgan fingerprint density at radius 3 is 2.37 bits per heavy atom. The van der Waals surface area contributed by atoms with Crippen molar-refractivity contribution in [2.45, 2.75) is 33.8 Å². The largest absolute Gasteiger partial charge is 0.481 e. The van der Waals surface area contributed by atoms with Crippen molar-refractivity contribution < 1.29 is 14.7 Å². The van der Waals surface area contributed by atoms with E-state index in [1.807, 2.05) is 20.8 Å². The van der Waals surface area contributed by atoms with Crippen LogP contribution in [0.25, 0.3) is 0 Å². The van der Waals surface area contributed by atoms with Crippen LogP contribution in [0, 0.1) is 5.41 Å². The van der Waals surface area contributed by atoms with E-state index < -0.39 is 12.0 Å². The standard InChI is InChI=1S/C14H20ClNO3/c1-10(13(17)16(18)9-14(2,3)4)19-12-7-5-11(15)6-8-12/h5-8,10,18H,9H2,1-4H3. The van der Waals surface area contributed by atoms with E-state index in [1.54, 1.807) is 31.2 Å². The number of nitrogens with zero attached hydrogens (tertiary/aromatic N) is 1. The van der Waals surface area contributed by atoms with Crippen molar-refractivity contribution in [3.05, 3.63) is 29.3 Å². The molecule has 1 aromatic rings. The molecule has 0 heterocycles. The molecule has 106 valence electrons. The summed E-state index contributed by atoms with van der Waals surface area (Å²) in [7, 11) is 0. The molecule has 0 radical (unpaired) electrons. The maximum Gasteiger partial charge on any atom is 0.286 e. The van der Waals surface area contributed by atoms with E-state index in [0.29, 0.717) is 15.8 Å². The predicted molar refractivity (Wildman–Crippen MR) is 74.5 cm³/mol. The van der Waals surface area contributed by atoms with Gasteiger partial charge in [0, 0.05) is 5.02 Å². The number of carbonyl (C=O) groups is 1. The predicted octanol–water partition coefficient (Wildman–Crippen LogP) is 3.37. The summed E-state index contributed by atoms with van der Waals surface area (Å²) in [6, 6.07) is 6.72. The second-order valence-electron chi connectivity index (χ2n) is 5.67. The van der Waals surface area contributed by atoms with Gasteiger partial charge in [-0.2, -0.15) is 0 Å². The van der Waals surface area contributed by atoms with E-state index >= 15 is 0 Å². The van der Waals surface area contributed by atoms with Gasteiger partial charge in [-0.15, -0.1) is 0 Å². The Labute approximate surface area is 118 Å². The molecule has 1 N–H and O–H groups in total. The Morgan fingerprint density at radius 1 is 1.37 bits per heavy atom. The summed E-state index contributed by atoms with van der Waals surface area (Å²) in [5, 5.41) is 11.0. The molecule has 0 aromatic heterocycles. The summed E-state index contributed by atoms with van der Waals surface area (Å²) in [4.78, 5) is 11.9. The van der Waals surface area contributed by atoms with Crippen LogP contribution < -0.4 is 4.74 Å². The Kier molecular flexibility index (Phi) is 5.20. The lowest BCUT2D eigenvalue weighted by atomic mass is 9.97. The summed E-state index contributed by atoms with van der Waals surface area (Å²) >= 11 is 5.76. The van der Waals surface area contributed by atoms with Crippen LogP contribution in [0.3, 0.4) is 0 Å². The van der Waals surface area contributed by atoms with Gasteiger partial charge in [-0.25, -0.2) is 5.06 Å². The van der Waals surface area contributed by atoms with Gasteiger partial charge in [-0.3, -0.25) is 10.0 Å². The van der Waals surface area contributed by atoms with E-state index in [0.717, 1.165) is 0 Å². The van der Waals surface area contributed by atoms with E-state index in [-0.39, 0.29) is 12.0 Å². The van der Waals surface area contributed by atoms with Gasteiger partial charge in [-0.05, 0) is 36.6 Å². The number of hydrogen-bond acceptors (Lipinski definition) is 3. The molecule has 1 atom stereocenters. The van der Waals surface area contributed by atoms with Crippen molar-refractivity contribution in [3.63, 3.8) is 0 Å². The number of halogens is 1. The Hall–Kier alpha value is -1.26. The number of ether oxygens (including phenoxy) is 1. The highest BCUT2D eigenvalue weighted by molar-refractivity contribution is 6.30. The average molecular weight is 286 g/mol. The number of benzene rings is 1. The van der Waals surface area contributed by atoms with Crippen molar-refractivity contribution in [2.75, 3.05) is 6.54 Å². The minimum Gasteiger partial charge on any atom is -0.481 e. The number of rotatable bonds is 4. The molecule has 19 heavy (non-hydrogen) atoms. The van der Waals surface area contributed by atoms with Crippen molar-refractivity contribution in [3.8, 4) is 5.75 Å². The zero-order chi connectivity index (χ0) is 14.6. The van der Waals surface area contributed by atoms with Crippen LogP contribution in [0.15, 0.2) is 24.3 Å². The van der Waals surface area contributed by atoms with Crippen LogP contribution in [-0.4, -0.2) is 28.8 Å². The minimum absolute atomic E-state index is 0.176. The van der Waals surface area contributed by atoms with Gasteiger partial charge >= 0.3 is 0 Å². The Balaban J connectivity index is 2.59. The fraction of sp³-hybridized carbons (Fsp3) is 0.500. The fourth-order valence-electron chi connectivity index (χ4n) is 1.50. The van der Waals surface area contributed by atoms with Gasteiger partial charge in [-0.1, -0.05) is 32.4 Å². The number of hydroxylamine groups is 2. The average Bonchev–Trinajstić information content (AvgIpc) is 2.28. The smallest absolute Gasteiger partial charge is 0.286 e. The van der Waals surface area contributed by atoms with Crippen LogP contribution in [-0.2, 0) is 4.79 Å². The molecule has 0 fully saturated rings. The summed E-state index contributed by atoms with van der Waals surface area (Å²) in [5.41, 5.74) is -0.176. The van der Waals surface area contributed by atoms with Crippen molar-refractivity contribution in [2.24, 2.45) is 5.41 Å². The number of hydrogen-bond donors (Lipinski definition) is 1. The van der Waals surface area contributed by atoms with Crippen molar-refractivity contribution in [1.82, 2.24) is 5.06 Å². The lowest BCUT2D eigenvalue weighted by Crippen LogP contribution is -2.42. The molecule has 0 bridgehead atoms. The third-order valence-corrected chi connectivity index (χ3v) is 2.60. The first kappa shape index (κ1) is 15.8. The van der Waals surface area contributed by atoms with Gasteiger partial charge in [0.1, 0.15) is 5.75 Å². The van der Waals surface area contributed by atoms with E-state index in [4.69, 9.17) is 16.3 Å². The maximum absolute atomic E-state index is 11.9. The van der Waals surface area contributed by atoms with E-state index in [1.165, 1.54) is 0 Å². The lowest BCUT2D eigenvalue weighted by molar-refractivity contribution is -0.177. The lowest BCUT2D eigenvalue weighted by Gasteiger charge is -2.26. The minimum atomic E-state index is -0.756. The summed E-state index contributed by atoms with van der Waals surface area (Å²) in [6.45, 7) is 7.67. The second kappa shape index (κ2) is 6.26. The molecule has 1 unspecified atom stereocenters. The summed E-state index contributed by atoms with van der Waals surface area (Å²) < 4.78 is 5.46. The topological polar surface area (TPSA) is 49.8 Å². The van der Waals surface area contributed by atoms with Crippen molar-refractivity contribution in [1.29, 1.82) is 0 Å². The monoisotopic (exact) mass is 285 g/mol. The molecule has 1 amide bonds. The first-order valence-electron chi connectivity index (χ1n) is 6.11. The van der Waals surface area contributed by atoms with E-state index in [2.05, 4.69) is 0 Å². The van der Waals surface area contributed by atoms with Gasteiger partial charge < -0.3 is 4.74 Å². The Bertz CT molecular complexity index is 425. The molecular formula is C14H20ClNO3. The SMILES string of the molecule is CC(Oc1ccc(Cl)cc1)C(=O)N(O)CC(C)(C)C. The van der Waals surface area contributed by atoms with Crippen LogP contribution in [0.2, 0.25) is 5.02 Å². The van der Waals surface area contributed by atoms with Crippen LogP contribution in [0.4, 0.5) is 0 Å². The molecule has 0 saturated heterocycles. The van der Waals surface area contributed by atoms with Gasteiger partial charge in [0.05, 0.1) is 6.54 Å². The highest BCUT2D eigenvalue weighted by Crippen LogP contribution is 2.18. The van der Waals surface area contributed by atoms with Crippen LogP contribution in [0.5, 0.6) is 5.75 Å². The summed E-state index contributed by atoms with van der Waals surface area (Å²) in [5.74, 6) is 0.0688. The zero-order valence-corrected chi connectivity index (χ0v) is 12.4. The quantitative estimate of drug-likeness (QED) is 0.681. The normalized spacial score (nSPS) is 12.9. The third kappa shape index (κ3) is 5.49. The Morgan fingerprint density at radius 2 is 1.89 bits per heavy atom.